The van der Waals surface area contributed by atoms with Crippen LogP contribution in [0.3, 0.4) is 0 Å². The fourth-order valence-corrected chi connectivity index (χ4v) is 2.67. The molecule has 0 amide bonds. The number of aromatic nitrogens is 3. The zero-order chi connectivity index (χ0) is 16.4. The third kappa shape index (κ3) is 3.32. The topological polar surface area (TPSA) is 68.0 Å². The van der Waals surface area contributed by atoms with Crippen LogP contribution >= 0.6 is 15.9 Å². The molecule has 116 valence electrons. The first-order chi connectivity index (χ1) is 11.0. The maximum absolute atomic E-state index is 11.5. The maximum Gasteiger partial charge on any atom is 0.358 e. The Morgan fingerprint density at radius 3 is 2.61 bits per heavy atom. The molecule has 1 N–H and O–H groups in total. The molecule has 0 bridgehead atoms. The molecular weight excluding hydrogens is 358 g/mol. The Morgan fingerprint density at radius 1 is 1.22 bits per heavy atom. The third-order valence-electron chi connectivity index (χ3n) is 3.47. The lowest BCUT2D eigenvalue weighted by atomic mass is 10.1. The molecule has 5 nitrogen and oxygen atoms in total. The van der Waals surface area contributed by atoms with Crippen molar-refractivity contribution in [1.29, 1.82) is 0 Å². The lowest BCUT2D eigenvalue weighted by molar-refractivity contribution is 0.0691. The number of hydrogen-bond donors (Lipinski definition) is 1. The van der Waals surface area contributed by atoms with E-state index in [1.165, 1.54) is 0 Å². The number of nitrogens with zero attached hydrogens (tertiary/aromatic N) is 3. The van der Waals surface area contributed by atoms with Gasteiger partial charge in [0.2, 0.25) is 0 Å². The molecule has 1 aromatic heterocycles. The molecule has 0 aliphatic rings. The molecule has 2 aromatic carbocycles. The molecule has 23 heavy (non-hydrogen) atoms. The number of carbonyl (C=O) groups is 1. The van der Waals surface area contributed by atoms with Gasteiger partial charge in [-0.2, -0.15) is 0 Å². The highest BCUT2D eigenvalue weighted by Crippen LogP contribution is 2.24. The van der Waals surface area contributed by atoms with E-state index in [-0.39, 0.29) is 5.69 Å². The van der Waals surface area contributed by atoms with Crippen LogP contribution in [0.4, 0.5) is 0 Å². The van der Waals surface area contributed by atoms with Gasteiger partial charge in [-0.15, -0.1) is 5.10 Å². The quantitative estimate of drug-likeness (QED) is 0.757. The average molecular weight is 372 g/mol. The normalized spacial score (nSPS) is 10.7. The summed E-state index contributed by atoms with van der Waals surface area (Å²) in [7, 11) is 0. The minimum atomic E-state index is -1.08. The second-order valence-corrected chi connectivity index (χ2v) is 6.16. The fourth-order valence-electron chi connectivity index (χ4n) is 2.41. The first kappa shape index (κ1) is 15.4. The molecule has 0 saturated carbocycles. The maximum atomic E-state index is 11.5. The lowest BCUT2D eigenvalue weighted by Crippen LogP contribution is -2.06. The largest absolute Gasteiger partial charge is 0.476 e. The highest BCUT2D eigenvalue weighted by atomic mass is 79.9. The molecule has 0 saturated heterocycles. The summed E-state index contributed by atoms with van der Waals surface area (Å²) in [6.07, 6.45) is 0. The lowest BCUT2D eigenvalue weighted by Gasteiger charge is -2.08. The molecule has 0 aliphatic carbocycles. The molecule has 1 heterocycles. The Labute approximate surface area is 141 Å². The summed E-state index contributed by atoms with van der Waals surface area (Å²) in [6.45, 7) is 2.42. The van der Waals surface area contributed by atoms with Gasteiger partial charge in [0.25, 0.3) is 0 Å². The number of carboxylic acid groups (broad SMARTS) is 1. The van der Waals surface area contributed by atoms with Crippen LogP contribution in [0, 0.1) is 6.92 Å². The highest BCUT2D eigenvalue weighted by Gasteiger charge is 2.20. The minimum Gasteiger partial charge on any atom is -0.476 e. The number of benzene rings is 2. The van der Waals surface area contributed by atoms with Gasteiger partial charge in [-0.05, 0) is 30.7 Å². The summed E-state index contributed by atoms with van der Waals surface area (Å²) in [6, 6.07) is 15.5. The van der Waals surface area contributed by atoms with Crippen LogP contribution < -0.4 is 0 Å². The zero-order valence-electron chi connectivity index (χ0n) is 12.4. The first-order valence-electron chi connectivity index (χ1n) is 7.03. The molecule has 0 aliphatic heterocycles. The first-order valence-corrected chi connectivity index (χ1v) is 7.82. The summed E-state index contributed by atoms with van der Waals surface area (Å²) >= 11 is 3.40. The van der Waals surface area contributed by atoms with Crippen molar-refractivity contribution in [3.8, 4) is 11.3 Å². The molecule has 0 atom stereocenters. The van der Waals surface area contributed by atoms with Gasteiger partial charge >= 0.3 is 5.97 Å². The summed E-state index contributed by atoms with van der Waals surface area (Å²) in [5, 5.41) is 17.3. The number of rotatable bonds is 4. The van der Waals surface area contributed by atoms with Crippen LogP contribution in [0.25, 0.3) is 11.3 Å². The molecular formula is C17H14BrN3O2. The SMILES string of the molecule is Cc1cccc(-c2c(C(=O)O)nnn2Cc2ccc(Br)cc2)c1. The smallest absolute Gasteiger partial charge is 0.358 e. The van der Waals surface area contributed by atoms with Crippen molar-refractivity contribution in [1.82, 2.24) is 15.0 Å². The number of hydrogen-bond acceptors (Lipinski definition) is 3. The van der Waals surface area contributed by atoms with Gasteiger partial charge in [-0.3, -0.25) is 0 Å². The second-order valence-electron chi connectivity index (χ2n) is 5.25. The summed E-state index contributed by atoms with van der Waals surface area (Å²) < 4.78 is 2.62. The van der Waals surface area contributed by atoms with E-state index in [4.69, 9.17) is 0 Å². The Bertz CT molecular complexity index is 857. The number of aromatic carboxylic acids is 1. The van der Waals surface area contributed by atoms with Crippen molar-refractivity contribution < 1.29 is 9.90 Å². The summed E-state index contributed by atoms with van der Waals surface area (Å²) in [5.74, 6) is -1.08. The van der Waals surface area contributed by atoms with E-state index in [2.05, 4.69) is 26.2 Å². The number of aryl methyl sites for hydroxylation is 1. The fraction of sp³-hybridized carbons (Fsp3) is 0.118. The van der Waals surface area contributed by atoms with Crippen LogP contribution in [0.2, 0.25) is 0 Å². The van der Waals surface area contributed by atoms with Gasteiger partial charge in [0.15, 0.2) is 5.69 Å². The Balaban J connectivity index is 2.07. The van der Waals surface area contributed by atoms with Gasteiger partial charge in [-0.1, -0.05) is 57.0 Å². The summed E-state index contributed by atoms with van der Waals surface area (Å²) in [5.41, 5.74) is 3.35. The van der Waals surface area contributed by atoms with Crippen LogP contribution in [0.5, 0.6) is 0 Å². The molecule has 3 aromatic rings. The average Bonchev–Trinajstić information content (AvgIpc) is 2.93. The van der Waals surface area contributed by atoms with Crippen molar-refractivity contribution in [3.05, 3.63) is 69.8 Å². The molecule has 6 heteroatoms. The highest BCUT2D eigenvalue weighted by molar-refractivity contribution is 9.10. The van der Waals surface area contributed by atoms with E-state index in [1.54, 1.807) is 4.68 Å². The van der Waals surface area contributed by atoms with Crippen LogP contribution in [-0.4, -0.2) is 26.1 Å². The van der Waals surface area contributed by atoms with E-state index < -0.39 is 5.97 Å². The summed E-state index contributed by atoms with van der Waals surface area (Å²) in [4.78, 5) is 11.5. The predicted octanol–water partition coefficient (Wildman–Crippen LogP) is 3.76. The van der Waals surface area contributed by atoms with Gasteiger partial charge in [0, 0.05) is 10.0 Å². The van der Waals surface area contributed by atoms with E-state index in [0.717, 1.165) is 21.2 Å². The van der Waals surface area contributed by atoms with Crippen molar-refractivity contribution in [2.24, 2.45) is 0 Å². The standard InChI is InChI=1S/C17H14BrN3O2/c1-11-3-2-4-13(9-11)16-15(17(22)23)19-20-21(16)10-12-5-7-14(18)8-6-12/h2-9H,10H2,1H3,(H,22,23). The van der Waals surface area contributed by atoms with Crippen LogP contribution in [0.1, 0.15) is 21.6 Å². The molecule has 0 unspecified atom stereocenters. The van der Waals surface area contributed by atoms with Crippen LogP contribution in [-0.2, 0) is 6.54 Å². The molecule has 3 rings (SSSR count). The molecule has 0 spiro atoms. The van der Waals surface area contributed by atoms with Crippen molar-refractivity contribution >= 4 is 21.9 Å². The van der Waals surface area contributed by atoms with E-state index in [1.807, 2.05) is 55.5 Å². The van der Waals surface area contributed by atoms with E-state index in [9.17, 15) is 9.90 Å². The van der Waals surface area contributed by atoms with E-state index >= 15 is 0 Å². The van der Waals surface area contributed by atoms with Crippen molar-refractivity contribution in [2.45, 2.75) is 13.5 Å². The minimum absolute atomic E-state index is 0.0345. The Kier molecular flexibility index (Phi) is 4.25. The van der Waals surface area contributed by atoms with Crippen molar-refractivity contribution in [2.75, 3.05) is 0 Å². The van der Waals surface area contributed by atoms with Gasteiger partial charge in [0.1, 0.15) is 5.69 Å². The Hall–Kier alpha value is -2.47. The van der Waals surface area contributed by atoms with Crippen molar-refractivity contribution in [3.63, 3.8) is 0 Å². The Morgan fingerprint density at radius 2 is 1.96 bits per heavy atom. The second kappa shape index (κ2) is 6.34. The number of halogens is 1. The monoisotopic (exact) mass is 371 g/mol. The zero-order valence-corrected chi connectivity index (χ0v) is 14.0. The van der Waals surface area contributed by atoms with Crippen LogP contribution in [0.15, 0.2) is 53.0 Å². The third-order valence-corrected chi connectivity index (χ3v) is 4.00. The molecule has 0 radical (unpaired) electrons. The van der Waals surface area contributed by atoms with Gasteiger partial charge in [-0.25, -0.2) is 9.48 Å². The van der Waals surface area contributed by atoms with E-state index in [0.29, 0.717) is 12.2 Å². The van der Waals surface area contributed by atoms with Gasteiger partial charge in [0.05, 0.1) is 6.54 Å². The molecule has 0 fully saturated rings. The number of carboxylic acids is 1. The van der Waals surface area contributed by atoms with Gasteiger partial charge < -0.3 is 5.11 Å². The predicted molar refractivity (Wildman–Crippen MR) is 90.4 cm³/mol.